The summed E-state index contributed by atoms with van der Waals surface area (Å²) in [5.74, 6) is -0.140. The van der Waals surface area contributed by atoms with Crippen LogP contribution in [0.2, 0.25) is 0 Å². The normalized spacial score (nSPS) is 47.4. The molecule has 5 atom stereocenters. The molecule has 3 rings (SSSR count). The zero-order valence-corrected chi connectivity index (χ0v) is 13.2. The number of amides is 1. The summed E-state index contributed by atoms with van der Waals surface area (Å²) in [6.07, 6.45) is 1.54. The SMILES string of the molecule is C=C[C@@]12CC(=O)[C@H]3C[C@@H]1[C@](Br)(CO3)[C@@H](OC)N(C)C2=O. The lowest BCUT2D eigenvalue weighted by Gasteiger charge is -2.61. The molecule has 3 fully saturated rings. The van der Waals surface area contributed by atoms with Gasteiger partial charge in [0.25, 0.3) is 0 Å². The summed E-state index contributed by atoms with van der Waals surface area (Å²) in [6.45, 7) is 4.19. The standard InChI is InChI=1S/C14H18BrNO4/c1-4-13-6-8(17)9-5-10(13)14(15,7-20-9)12(19-3)16(2)11(13)18/h4,9-10,12H,1,5-7H2,2-3H3/t9-,10+,12-,13-,14-/m1/s1. The number of piperidine rings is 1. The van der Waals surface area contributed by atoms with E-state index >= 15 is 0 Å². The van der Waals surface area contributed by atoms with E-state index in [0.717, 1.165) is 0 Å². The molecule has 0 unspecified atom stereocenters. The summed E-state index contributed by atoms with van der Waals surface area (Å²) in [5, 5.41) is 0. The van der Waals surface area contributed by atoms with Gasteiger partial charge in [-0.05, 0) is 6.42 Å². The molecule has 0 aromatic heterocycles. The average Bonchev–Trinajstić information content (AvgIpc) is 2.44. The first kappa shape index (κ1) is 14.2. The molecular weight excluding hydrogens is 326 g/mol. The summed E-state index contributed by atoms with van der Waals surface area (Å²) in [5.41, 5.74) is -0.843. The number of carbonyl (C=O) groups is 2. The van der Waals surface area contributed by atoms with Crippen LogP contribution in [-0.4, -0.2) is 54.0 Å². The number of alkyl halides is 1. The van der Waals surface area contributed by atoms with Crippen LogP contribution in [0.1, 0.15) is 12.8 Å². The quantitative estimate of drug-likeness (QED) is 0.556. The van der Waals surface area contributed by atoms with Crippen molar-refractivity contribution in [3.05, 3.63) is 12.7 Å². The Hall–Kier alpha value is -0.720. The number of nitrogens with zero attached hydrogens (tertiary/aromatic N) is 1. The van der Waals surface area contributed by atoms with Crippen molar-refractivity contribution >= 4 is 27.6 Å². The van der Waals surface area contributed by atoms with Crippen LogP contribution in [0.25, 0.3) is 0 Å². The molecular formula is C14H18BrNO4. The zero-order chi connectivity index (χ0) is 14.7. The molecule has 2 bridgehead atoms. The van der Waals surface area contributed by atoms with Crippen molar-refractivity contribution in [2.24, 2.45) is 11.3 Å². The Morgan fingerprint density at radius 3 is 2.85 bits per heavy atom. The number of hydrogen-bond acceptors (Lipinski definition) is 4. The molecule has 2 heterocycles. The Morgan fingerprint density at radius 1 is 1.55 bits per heavy atom. The van der Waals surface area contributed by atoms with E-state index in [2.05, 4.69) is 22.5 Å². The fraction of sp³-hybridized carbons (Fsp3) is 0.714. The monoisotopic (exact) mass is 343 g/mol. The van der Waals surface area contributed by atoms with Gasteiger partial charge in [0.15, 0.2) is 5.78 Å². The predicted octanol–water partition coefficient (Wildman–Crippen LogP) is 1.11. The molecule has 0 aromatic rings. The Bertz CT molecular complexity index is 496. The van der Waals surface area contributed by atoms with E-state index in [-0.39, 0.29) is 24.0 Å². The van der Waals surface area contributed by atoms with Crippen LogP contribution in [0.4, 0.5) is 0 Å². The summed E-state index contributed by atoms with van der Waals surface area (Å²) in [6, 6.07) is 0. The smallest absolute Gasteiger partial charge is 0.235 e. The van der Waals surface area contributed by atoms with Crippen LogP contribution in [0, 0.1) is 11.3 Å². The Kier molecular flexibility index (Phi) is 3.12. The van der Waals surface area contributed by atoms with Gasteiger partial charge in [0, 0.05) is 26.5 Å². The number of methoxy groups -OCH3 is 1. The lowest BCUT2D eigenvalue weighted by atomic mass is 9.56. The maximum Gasteiger partial charge on any atom is 0.235 e. The lowest BCUT2D eigenvalue weighted by Crippen LogP contribution is -2.73. The van der Waals surface area contributed by atoms with Crippen LogP contribution in [0.15, 0.2) is 12.7 Å². The first-order chi connectivity index (χ1) is 9.40. The van der Waals surface area contributed by atoms with Gasteiger partial charge in [-0.1, -0.05) is 22.0 Å². The molecule has 5 nitrogen and oxygen atoms in total. The van der Waals surface area contributed by atoms with Crippen LogP contribution in [0.5, 0.6) is 0 Å². The number of carbonyl (C=O) groups excluding carboxylic acids is 2. The number of hydrogen-bond donors (Lipinski definition) is 0. The summed E-state index contributed by atoms with van der Waals surface area (Å²) < 4.78 is 10.7. The van der Waals surface area contributed by atoms with Crippen molar-refractivity contribution in [2.45, 2.75) is 29.5 Å². The van der Waals surface area contributed by atoms with E-state index in [1.807, 2.05) is 0 Å². The molecule has 1 saturated carbocycles. The first-order valence-corrected chi connectivity index (χ1v) is 7.47. The van der Waals surface area contributed by atoms with Gasteiger partial charge in [-0.25, -0.2) is 0 Å². The van der Waals surface area contributed by atoms with Crippen LogP contribution in [0.3, 0.4) is 0 Å². The highest BCUT2D eigenvalue weighted by Gasteiger charge is 2.68. The van der Waals surface area contributed by atoms with Crippen molar-refractivity contribution in [1.82, 2.24) is 4.90 Å². The molecule has 0 radical (unpaired) electrons. The van der Waals surface area contributed by atoms with E-state index < -0.39 is 22.1 Å². The van der Waals surface area contributed by atoms with Crippen molar-refractivity contribution in [3.63, 3.8) is 0 Å². The van der Waals surface area contributed by atoms with Gasteiger partial charge >= 0.3 is 0 Å². The fourth-order valence-electron chi connectivity index (χ4n) is 4.08. The number of ketones is 1. The third-order valence-electron chi connectivity index (χ3n) is 5.05. The summed E-state index contributed by atoms with van der Waals surface area (Å²) >= 11 is 3.76. The Labute approximate surface area is 126 Å². The van der Waals surface area contributed by atoms with E-state index in [1.54, 1.807) is 25.1 Å². The molecule has 2 saturated heterocycles. The lowest BCUT2D eigenvalue weighted by molar-refractivity contribution is -0.204. The van der Waals surface area contributed by atoms with Gasteiger partial charge < -0.3 is 14.4 Å². The van der Waals surface area contributed by atoms with E-state index in [4.69, 9.17) is 9.47 Å². The third kappa shape index (κ3) is 1.50. The van der Waals surface area contributed by atoms with Crippen molar-refractivity contribution in [1.29, 1.82) is 0 Å². The van der Waals surface area contributed by atoms with Crippen molar-refractivity contribution in [2.75, 3.05) is 20.8 Å². The highest BCUT2D eigenvalue weighted by atomic mass is 79.9. The second-order valence-electron chi connectivity index (χ2n) is 5.91. The maximum absolute atomic E-state index is 12.8. The zero-order valence-electron chi connectivity index (χ0n) is 11.6. The molecule has 6 heteroatoms. The van der Waals surface area contributed by atoms with Crippen LogP contribution in [-0.2, 0) is 19.1 Å². The van der Waals surface area contributed by atoms with Crippen LogP contribution >= 0.6 is 15.9 Å². The minimum atomic E-state index is -0.843. The molecule has 0 spiro atoms. The van der Waals surface area contributed by atoms with Gasteiger partial charge in [-0.15, -0.1) is 6.58 Å². The van der Waals surface area contributed by atoms with Gasteiger partial charge in [0.05, 0.1) is 16.3 Å². The second-order valence-corrected chi connectivity index (χ2v) is 7.38. The highest BCUT2D eigenvalue weighted by Crippen LogP contribution is 2.58. The number of likely N-dealkylation sites (tertiary alicyclic amines) is 1. The minimum Gasteiger partial charge on any atom is -0.369 e. The molecule has 2 aliphatic heterocycles. The number of Topliss-reactive ketones (excluding diaryl/α,β-unsaturated/α-hetero) is 1. The molecule has 0 N–H and O–H groups in total. The number of fused-ring (bicyclic) bond motifs is 1. The average molecular weight is 344 g/mol. The predicted molar refractivity (Wildman–Crippen MR) is 75.3 cm³/mol. The number of rotatable bonds is 2. The summed E-state index contributed by atoms with van der Waals surface area (Å²) in [7, 11) is 3.28. The van der Waals surface area contributed by atoms with E-state index in [1.165, 1.54) is 0 Å². The van der Waals surface area contributed by atoms with E-state index in [9.17, 15) is 9.59 Å². The highest BCUT2D eigenvalue weighted by molar-refractivity contribution is 9.10. The van der Waals surface area contributed by atoms with Crippen molar-refractivity contribution in [3.8, 4) is 0 Å². The Balaban J connectivity index is 2.16. The van der Waals surface area contributed by atoms with Crippen LogP contribution < -0.4 is 0 Å². The third-order valence-corrected chi connectivity index (χ3v) is 6.22. The maximum atomic E-state index is 12.8. The number of halogens is 1. The van der Waals surface area contributed by atoms with E-state index in [0.29, 0.717) is 13.0 Å². The number of ether oxygens (including phenoxy) is 2. The molecule has 3 aliphatic rings. The minimum absolute atomic E-state index is 0.00619. The topological polar surface area (TPSA) is 55.8 Å². The molecule has 20 heavy (non-hydrogen) atoms. The molecule has 110 valence electrons. The Morgan fingerprint density at radius 2 is 2.25 bits per heavy atom. The summed E-state index contributed by atoms with van der Waals surface area (Å²) in [4.78, 5) is 26.6. The molecule has 1 aliphatic carbocycles. The van der Waals surface area contributed by atoms with Gasteiger partial charge in [-0.2, -0.15) is 0 Å². The fourth-order valence-corrected chi connectivity index (χ4v) is 5.30. The van der Waals surface area contributed by atoms with Gasteiger partial charge in [-0.3, -0.25) is 9.59 Å². The van der Waals surface area contributed by atoms with Gasteiger partial charge in [0.1, 0.15) is 12.3 Å². The molecule has 1 amide bonds. The van der Waals surface area contributed by atoms with Crippen molar-refractivity contribution < 1.29 is 19.1 Å². The molecule has 0 aromatic carbocycles. The largest absolute Gasteiger partial charge is 0.369 e. The first-order valence-electron chi connectivity index (χ1n) is 6.67. The van der Waals surface area contributed by atoms with Gasteiger partial charge in [0.2, 0.25) is 5.91 Å². The second kappa shape index (κ2) is 4.39.